The Morgan fingerprint density at radius 3 is 2.43 bits per heavy atom. The maximum absolute atomic E-state index is 12.1. The number of carbonyl (C=O) groups excluding carboxylic acids is 2. The normalized spacial score (nSPS) is 10.3. The Balaban J connectivity index is 1.85. The Hall–Kier alpha value is -3.87. The number of carbonyl (C=O) groups is 2. The van der Waals surface area contributed by atoms with Crippen molar-refractivity contribution in [1.29, 1.82) is 0 Å². The summed E-state index contributed by atoms with van der Waals surface area (Å²) in [5.41, 5.74) is 0.528. The third-order valence-electron chi connectivity index (χ3n) is 3.63. The summed E-state index contributed by atoms with van der Waals surface area (Å²) in [4.78, 5) is 35.4. The van der Waals surface area contributed by atoms with Gasteiger partial charge in [-0.3, -0.25) is 0 Å². The minimum Gasteiger partial charge on any atom is -0.429 e. The number of hydrogen-bond acceptors (Lipinski definition) is 7. The summed E-state index contributed by atoms with van der Waals surface area (Å²) >= 11 is 0. The number of rotatable bonds is 5. The van der Waals surface area contributed by atoms with Crippen LogP contribution in [0.3, 0.4) is 0 Å². The van der Waals surface area contributed by atoms with E-state index in [0.717, 1.165) is 5.56 Å². The Bertz CT molecular complexity index is 1100. The van der Waals surface area contributed by atoms with Crippen LogP contribution in [0.1, 0.15) is 12.5 Å². The molecule has 0 atom stereocenters. The fourth-order valence-corrected chi connectivity index (χ4v) is 2.26. The molecule has 0 amide bonds. The maximum Gasteiger partial charge on any atom is 0.514 e. The fraction of sp³-hybridized carbons (Fsp3) is 0.0952. The molecule has 0 aliphatic heterocycles. The largest absolute Gasteiger partial charge is 0.514 e. The molecule has 7 nitrogen and oxygen atoms in total. The maximum atomic E-state index is 12.1. The molecule has 0 fully saturated rings. The number of hydrogen-bond donors (Lipinski definition) is 0. The highest BCUT2D eigenvalue weighted by Crippen LogP contribution is 2.33. The fourth-order valence-electron chi connectivity index (χ4n) is 2.26. The lowest BCUT2D eigenvalue weighted by molar-refractivity contribution is -0.130. The molecule has 0 radical (unpaired) electrons. The van der Waals surface area contributed by atoms with Gasteiger partial charge in [-0.1, -0.05) is 36.9 Å². The molecule has 0 saturated carbocycles. The van der Waals surface area contributed by atoms with Gasteiger partial charge in [0.2, 0.25) is 0 Å². The molecule has 142 valence electrons. The molecule has 28 heavy (non-hydrogen) atoms. The molecule has 0 aliphatic carbocycles. The van der Waals surface area contributed by atoms with Crippen LogP contribution in [0.4, 0.5) is 4.79 Å². The molecule has 0 spiro atoms. The first-order chi connectivity index (χ1) is 13.4. The van der Waals surface area contributed by atoms with Crippen LogP contribution in [0.5, 0.6) is 11.5 Å². The molecule has 1 heterocycles. The summed E-state index contributed by atoms with van der Waals surface area (Å²) in [5.74, 6) is -0.861. The number of esters is 1. The highest BCUT2D eigenvalue weighted by molar-refractivity contribution is 5.90. The van der Waals surface area contributed by atoms with Crippen molar-refractivity contribution in [3.8, 4) is 11.5 Å². The second-order valence-electron chi connectivity index (χ2n) is 5.89. The predicted molar refractivity (Wildman–Crippen MR) is 100 cm³/mol. The Labute approximate surface area is 159 Å². The topological polar surface area (TPSA) is 92.0 Å². The first-order valence-corrected chi connectivity index (χ1v) is 8.26. The predicted octanol–water partition coefficient (Wildman–Crippen LogP) is 3.99. The van der Waals surface area contributed by atoms with E-state index in [1.807, 2.05) is 18.2 Å². The highest BCUT2D eigenvalue weighted by atomic mass is 16.7. The van der Waals surface area contributed by atoms with Crippen molar-refractivity contribution < 1.29 is 28.2 Å². The van der Waals surface area contributed by atoms with E-state index in [4.69, 9.17) is 18.6 Å². The van der Waals surface area contributed by atoms with Gasteiger partial charge in [-0.2, -0.15) is 0 Å². The lowest BCUT2D eigenvalue weighted by Gasteiger charge is -2.11. The van der Waals surface area contributed by atoms with E-state index in [1.165, 1.54) is 31.2 Å². The molecule has 0 saturated heterocycles. The summed E-state index contributed by atoms with van der Waals surface area (Å²) in [6.45, 7) is 5.00. The molecule has 3 rings (SSSR count). The zero-order valence-corrected chi connectivity index (χ0v) is 15.0. The van der Waals surface area contributed by atoms with Crippen LogP contribution < -0.4 is 15.1 Å². The SMILES string of the molecule is C=C(C)C(=O)Oc1cc2ccc(=O)oc2cc1OC(=O)OCc1ccccc1. The van der Waals surface area contributed by atoms with Crippen LogP contribution in [-0.2, 0) is 16.1 Å². The van der Waals surface area contributed by atoms with Gasteiger partial charge in [0.05, 0.1) is 0 Å². The van der Waals surface area contributed by atoms with Crippen molar-refractivity contribution in [3.63, 3.8) is 0 Å². The van der Waals surface area contributed by atoms with Gasteiger partial charge in [0.25, 0.3) is 0 Å². The van der Waals surface area contributed by atoms with Crippen LogP contribution in [0.25, 0.3) is 11.0 Å². The van der Waals surface area contributed by atoms with E-state index in [0.29, 0.717) is 5.39 Å². The van der Waals surface area contributed by atoms with Crippen molar-refractivity contribution in [2.75, 3.05) is 0 Å². The molecular formula is C21H16O7. The van der Waals surface area contributed by atoms with Gasteiger partial charge in [-0.15, -0.1) is 0 Å². The number of ether oxygens (including phenoxy) is 3. The van der Waals surface area contributed by atoms with E-state index in [-0.39, 0.29) is 29.3 Å². The zero-order chi connectivity index (χ0) is 20.1. The van der Waals surface area contributed by atoms with Crippen molar-refractivity contribution in [2.24, 2.45) is 0 Å². The quantitative estimate of drug-likeness (QED) is 0.217. The molecule has 3 aromatic rings. The average Bonchev–Trinajstić information content (AvgIpc) is 2.67. The summed E-state index contributed by atoms with van der Waals surface area (Å²) in [6.07, 6.45) is -1.01. The van der Waals surface area contributed by atoms with Crippen LogP contribution in [0.15, 0.2) is 76.0 Å². The lowest BCUT2D eigenvalue weighted by Crippen LogP contribution is -2.13. The summed E-state index contributed by atoms with van der Waals surface area (Å²) in [7, 11) is 0. The molecule has 0 aliphatic rings. The van der Waals surface area contributed by atoms with Crippen molar-refractivity contribution in [1.82, 2.24) is 0 Å². The molecule has 1 aromatic heterocycles. The molecule has 7 heteroatoms. The summed E-state index contributed by atoms with van der Waals surface area (Å²) in [5, 5.41) is 0.481. The monoisotopic (exact) mass is 380 g/mol. The van der Waals surface area contributed by atoms with E-state index < -0.39 is 17.8 Å². The van der Waals surface area contributed by atoms with Gasteiger partial charge in [-0.25, -0.2) is 14.4 Å². The van der Waals surface area contributed by atoms with Crippen molar-refractivity contribution >= 4 is 23.1 Å². The highest BCUT2D eigenvalue weighted by Gasteiger charge is 2.17. The Morgan fingerprint density at radius 2 is 1.71 bits per heavy atom. The van der Waals surface area contributed by atoms with E-state index in [9.17, 15) is 14.4 Å². The first kappa shape index (κ1) is 18.9. The molecule has 2 aromatic carbocycles. The molecule has 0 unspecified atom stereocenters. The number of fused-ring (bicyclic) bond motifs is 1. The summed E-state index contributed by atoms with van der Waals surface area (Å²) < 4.78 is 20.5. The van der Waals surface area contributed by atoms with Gasteiger partial charge >= 0.3 is 17.8 Å². The first-order valence-electron chi connectivity index (χ1n) is 8.26. The Kier molecular flexibility index (Phi) is 5.55. The molecular weight excluding hydrogens is 364 g/mol. The minimum absolute atomic E-state index is 0.00320. The second kappa shape index (κ2) is 8.22. The van der Waals surface area contributed by atoms with Crippen molar-refractivity contribution in [3.05, 3.63) is 82.7 Å². The third kappa shape index (κ3) is 4.64. The van der Waals surface area contributed by atoms with Crippen LogP contribution in [0.2, 0.25) is 0 Å². The molecule has 0 N–H and O–H groups in total. The standard InChI is InChI=1S/C21H16O7/c1-13(2)20(23)27-17-10-15-8-9-19(22)26-16(15)11-18(17)28-21(24)25-12-14-6-4-3-5-7-14/h3-11H,1,12H2,2H3. The van der Waals surface area contributed by atoms with Gasteiger partial charge in [0, 0.05) is 23.1 Å². The van der Waals surface area contributed by atoms with E-state index in [2.05, 4.69) is 6.58 Å². The van der Waals surface area contributed by atoms with E-state index in [1.54, 1.807) is 12.1 Å². The van der Waals surface area contributed by atoms with Gasteiger partial charge in [0.1, 0.15) is 12.2 Å². The van der Waals surface area contributed by atoms with Crippen LogP contribution in [-0.4, -0.2) is 12.1 Å². The van der Waals surface area contributed by atoms with Gasteiger partial charge in [-0.05, 0) is 24.6 Å². The number of benzene rings is 2. The van der Waals surface area contributed by atoms with E-state index >= 15 is 0 Å². The van der Waals surface area contributed by atoms with Gasteiger partial charge < -0.3 is 18.6 Å². The Morgan fingerprint density at radius 1 is 1.00 bits per heavy atom. The second-order valence-corrected chi connectivity index (χ2v) is 5.89. The third-order valence-corrected chi connectivity index (χ3v) is 3.63. The lowest BCUT2D eigenvalue weighted by atomic mass is 10.2. The van der Waals surface area contributed by atoms with Crippen LogP contribution in [0, 0.1) is 0 Å². The smallest absolute Gasteiger partial charge is 0.429 e. The summed E-state index contributed by atoms with van der Waals surface area (Å²) in [6, 6.07) is 14.5. The van der Waals surface area contributed by atoms with Gasteiger partial charge in [0.15, 0.2) is 11.5 Å². The van der Waals surface area contributed by atoms with Crippen LogP contribution >= 0.6 is 0 Å². The zero-order valence-electron chi connectivity index (χ0n) is 15.0. The minimum atomic E-state index is -1.01. The van der Waals surface area contributed by atoms with Crippen molar-refractivity contribution in [2.45, 2.75) is 13.5 Å². The molecule has 0 bridgehead atoms. The average molecular weight is 380 g/mol.